The van der Waals surface area contributed by atoms with Crippen molar-refractivity contribution in [3.8, 4) is 0 Å². The monoisotopic (exact) mass is 615 g/mol. The highest BCUT2D eigenvalue weighted by Crippen LogP contribution is 2.22. The maximum absolute atomic E-state index is 12.7. The lowest BCUT2D eigenvalue weighted by atomic mass is 9.99. The zero-order chi connectivity index (χ0) is 31.7. The number of nitrogens with one attached hydrogen (secondary N) is 1. The molecule has 9 nitrogen and oxygen atoms in total. The summed E-state index contributed by atoms with van der Waals surface area (Å²) in [5.41, 5.74) is 0. The Balaban J connectivity index is 2.47. The fraction of sp³-hybridized carbons (Fsp3) is 0.912. The SMILES string of the molecule is CCCCCCCCCCCCCC/C=C/C(O)C(COC1OC(CO)C(O)C(O)C1O)NC(=O)CCCCCCCC. The number of aliphatic hydroxyl groups is 5. The van der Waals surface area contributed by atoms with Gasteiger partial charge >= 0.3 is 0 Å². The van der Waals surface area contributed by atoms with Gasteiger partial charge in [0, 0.05) is 6.42 Å². The van der Waals surface area contributed by atoms with Gasteiger partial charge < -0.3 is 40.3 Å². The third kappa shape index (κ3) is 18.5. The van der Waals surface area contributed by atoms with Crippen LogP contribution in [0.3, 0.4) is 0 Å². The number of ether oxygens (including phenoxy) is 2. The first-order valence-electron chi connectivity index (χ1n) is 17.4. The van der Waals surface area contributed by atoms with Gasteiger partial charge in [-0.15, -0.1) is 0 Å². The van der Waals surface area contributed by atoms with E-state index in [1.165, 1.54) is 77.0 Å². The highest BCUT2D eigenvalue weighted by Gasteiger charge is 2.44. The molecule has 1 aliphatic heterocycles. The van der Waals surface area contributed by atoms with E-state index in [1.807, 2.05) is 6.08 Å². The number of carbonyl (C=O) groups excluding carboxylic acids is 1. The molecule has 7 unspecified atom stereocenters. The molecular formula is C34H65NO8. The van der Waals surface area contributed by atoms with Crippen molar-refractivity contribution in [2.75, 3.05) is 13.2 Å². The van der Waals surface area contributed by atoms with E-state index in [1.54, 1.807) is 6.08 Å². The molecule has 6 N–H and O–H groups in total. The Hall–Kier alpha value is -1.07. The van der Waals surface area contributed by atoms with Crippen molar-refractivity contribution in [3.05, 3.63) is 12.2 Å². The summed E-state index contributed by atoms with van der Waals surface area (Å²) in [4.78, 5) is 12.7. The van der Waals surface area contributed by atoms with Crippen molar-refractivity contribution in [1.82, 2.24) is 5.32 Å². The van der Waals surface area contributed by atoms with E-state index < -0.39 is 49.5 Å². The zero-order valence-electron chi connectivity index (χ0n) is 27.2. The fourth-order valence-corrected chi connectivity index (χ4v) is 5.45. The molecule has 0 aromatic heterocycles. The van der Waals surface area contributed by atoms with Crippen LogP contribution in [0.15, 0.2) is 12.2 Å². The van der Waals surface area contributed by atoms with Gasteiger partial charge in [-0.25, -0.2) is 0 Å². The van der Waals surface area contributed by atoms with Crippen molar-refractivity contribution in [2.45, 2.75) is 185 Å². The number of amides is 1. The van der Waals surface area contributed by atoms with Crippen LogP contribution in [0.4, 0.5) is 0 Å². The van der Waals surface area contributed by atoms with E-state index in [9.17, 15) is 30.3 Å². The van der Waals surface area contributed by atoms with Crippen LogP contribution in [0.25, 0.3) is 0 Å². The maximum Gasteiger partial charge on any atom is 0.220 e. The second-order valence-corrected chi connectivity index (χ2v) is 12.3. The molecule has 1 saturated heterocycles. The van der Waals surface area contributed by atoms with E-state index in [0.717, 1.165) is 44.9 Å². The lowest BCUT2D eigenvalue weighted by Gasteiger charge is -2.40. The van der Waals surface area contributed by atoms with Crippen molar-refractivity contribution in [3.63, 3.8) is 0 Å². The Morgan fingerprint density at radius 2 is 1.28 bits per heavy atom. The average Bonchev–Trinajstić information content (AvgIpc) is 3.00. The molecule has 0 radical (unpaired) electrons. The highest BCUT2D eigenvalue weighted by molar-refractivity contribution is 5.76. The summed E-state index contributed by atoms with van der Waals surface area (Å²) < 4.78 is 11.1. The summed E-state index contributed by atoms with van der Waals surface area (Å²) in [6.45, 7) is 3.67. The Labute approximate surface area is 261 Å². The van der Waals surface area contributed by atoms with Gasteiger partial charge in [-0.2, -0.15) is 0 Å². The van der Waals surface area contributed by atoms with Crippen molar-refractivity contribution >= 4 is 5.91 Å². The third-order valence-electron chi connectivity index (χ3n) is 8.36. The highest BCUT2D eigenvalue weighted by atomic mass is 16.7. The predicted molar refractivity (Wildman–Crippen MR) is 170 cm³/mol. The summed E-state index contributed by atoms with van der Waals surface area (Å²) in [5, 5.41) is 53.5. The van der Waals surface area contributed by atoms with E-state index >= 15 is 0 Å². The molecule has 1 rings (SSSR count). The molecule has 9 heteroatoms. The van der Waals surface area contributed by atoms with E-state index in [4.69, 9.17) is 9.47 Å². The van der Waals surface area contributed by atoms with Gasteiger partial charge in [0.2, 0.25) is 5.91 Å². The summed E-state index contributed by atoms with van der Waals surface area (Å²) in [5.74, 6) is -0.189. The van der Waals surface area contributed by atoms with Crippen molar-refractivity contribution in [2.24, 2.45) is 0 Å². The molecule has 1 amide bonds. The van der Waals surface area contributed by atoms with E-state index in [2.05, 4.69) is 19.2 Å². The summed E-state index contributed by atoms with van der Waals surface area (Å²) in [6, 6.07) is -0.793. The summed E-state index contributed by atoms with van der Waals surface area (Å²) in [7, 11) is 0. The Morgan fingerprint density at radius 1 is 0.767 bits per heavy atom. The van der Waals surface area contributed by atoms with E-state index in [-0.39, 0.29) is 12.5 Å². The number of carbonyl (C=O) groups is 1. The number of unbranched alkanes of at least 4 members (excludes halogenated alkanes) is 17. The molecule has 0 aliphatic carbocycles. The van der Waals surface area contributed by atoms with Crippen LogP contribution in [-0.4, -0.2) is 87.5 Å². The van der Waals surface area contributed by atoms with Gasteiger partial charge in [-0.1, -0.05) is 129 Å². The first-order valence-corrected chi connectivity index (χ1v) is 17.4. The molecular weight excluding hydrogens is 550 g/mol. The number of hydrogen-bond donors (Lipinski definition) is 6. The Bertz CT molecular complexity index is 691. The molecule has 0 aromatic carbocycles. The number of rotatable bonds is 27. The van der Waals surface area contributed by atoms with Gasteiger partial charge in [-0.3, -0.25) is 4.79 Å². The molecule has 254 valence electrons. The first-order chi connectivity index (χ1) is 20.8. The first kappa shape index (κ1) is 40.0. The number of aliphatic hydroxyl groups excluding tert-OH is 5. The second kappa shape index (κ2) is 26.2. The molecule has 1 aliphatic rings. The lowest BCUT2D eigenvalue weighted by Crippen LogP contribution is -2.60. The fourth-order valence-electron chi connectivity index (χ4n) is 5.45. The molecule has 0 aromatic rings. The summed E-state index contributed by atoms with van der Waals surface area (Å²) in [6.07, 6.45) is 18.5. The van der Waals surface area contributed by atoms with Gasteiger partial charge in [0.25, 0.3) is 0 Å². The van der Waals surface area contributed by atoms with Gasteiger partial charge in [-0.05, 0) is 19.3 Å². The van der Waals surface area contributed by atoms with Crippen molar-refractivity contribution in [1.29, 1.82) is 0 Å². The Kier molecular flexibility index (Phi) is 24.3. The van der Waals surface area contributed by atoms with Crippen LogP contribution in [0.5, 0.6) is 0 Å². The number of allylic oxidation sites excluding steroid dienone is 1. The van der Waals surface area contributed by atoms with Crippen LogP contribution in [-0.2, 0) is 14.3 Å². The van der Waals surface area contributed by atoms with Crippen LogP contribution < -0.4 is 5.32 Å². The average molecular weight is 616 g/mol. The predicted octanol–water partition coefficient (Wildman–Crippen LogP) is 5.05. The molecule has 0 spiro atoms. The van der Waals surface area contributed by atoms with Crippen LogP contribution in [0.2, 0.25) is 0 Å². The van der Waals surface area contributed by atoms with Gasteiger partial charge in [0.1, 0.15) is 24.4 Å². The zero-order valence-corrected chi connectivity index (χ0v) is 27.2. The molecule has 1 fully saturated rings. The minimum absolute atomic E-state index is 0.185. The third-order valence-corrected chi connectivity index (χ3v) is 8.36. The minimum atomic E-state index is -1.56. The van der Waals surface area contributed by atoms with E-state index in [0.29, 0.717) is 6.42 Å². The number of hydrogen-bond acceptors (Lipinski definition) is 8. The van der Waals surface area contributed by atoms with Crippen molar-refractivity contribution < 1.29 is 39.8 Å². The maximum atomic E-state index is 12.7. The second-order valence-electron chi connectivity index (χ2n) is 12.3. The largest absolute Gasteiger partial charge is 0.394 e. The quantitative estimate of drug-likeness (QED) is 0.0556. The molecule has 0 saturated carbocycles. The Morgan fingerprint density at radius 3 is 1.81 bits per heavy atom. The van der Waals surface area contributed by atoms with Crippen LogP contribution in [0.1, 0.15) is 142 Å². The standard InChI is InChI=1S/C34H65NO8/c1-3-5-7-9-11-12-13-14-15-16-17-18-19-21-23-28(37)27(35-30(38)24-22-20-10-8-6-4-2)26-42-34-33(41)32(40)31(39)29(25-36)43-34/h21,23,27-29,31-34,36-37,39-41H,3-20,22,24-26H2,1-2H3,(H,35,38)/b23-21+. The normalized spacial score (nSPS) is 23.9. The molecule has 43 heavy (non-hydrogen) atoms. The topological polar surface area (TPSA) is 149 Å². The smallest absolute Gasteiger partial charge is 0.220 e. The van der Waals surface area contributed by atoms with Gasteiger partial charge in [0.15, 0.2) is 6.29 Å². The lowest BCUT2D eigenvalue weighted by molar-refractivity contribution is -0.302. The van der Waals surface area contributed by atoms with Gasteiger partial charge in [0.05, 0.1) is 25.4 Å². The van der Waals surface area contributed by atoms with Crippen LogP contribution >= 0.6 is 0 Å². The van der Waals surface area contributed by atoms with Crippen LogP contribution in [0, 0.1) is 0 Å². The molecule has 1 heterocycles. The molecule has 0 bridgehead atoms. The molecule has 7 atom stereocenters. The summed E-state index contributed by atoms with van der Waals surface area (Å²) >= 11 is 0. The minimum Gasteiger partial charge on any atom is -0.394 e.